The highest BCUT2D eigenvalue weighted by Crippen LogP contribution is 2.37. The summed E-state index contributed by atoms with van der Waals surface area (Å²) >= 11 is 1.47. The van der Waals surface area contributed by atoms with E-state index in [0.717, 1.165) is 46.3 Å². The zero-order chi connectivity index (χ0) is 23.5. The van der Waals surface area contributed by atoms with E-state index in [0.29, 0.717) is 22.9 Å². The fourth-order valence-corrected chi connectivity index (χ4v) is 5.90. The van der Waals surface area contributed by atoms with Crippen molar-refractivity contribution in [1.82, 2.24) is 20.0 Å². The van der Waals surface area contributed by atoms with Gasteiger partial charge in [0.15, 0.2) is 11.5 Å². The van der Waals surface area contributed by atoms with Crippen LogP contribution in [-0.2, 0) is 7.05 Å². The highest BCUT2D eigenvalue weighted by molar-refractivity contribution is 7.20. The normalized spacial score (nSPS) is 19.1. The number of hydrogen-bond acceptors (Lipinski definition) is 6. The molecule has 1 N–H and O–H groups in total. The van der Waals surface area contributed by atoms with E-state index in [1.807, 2.05) is 36.0 Å². The first-order valence-electron chi connectivity index (χ1n) is 11.6. The van der Waals surface area contributed by atoms with E-state index in [4.69, 9.17) is 9.47 Å². The number of hydrogen-bond donors (Lipinski definition) is 1. The van der Waals surface area contributed by atoms with Crippen LogP contribution in [0.1, 0.15) is 36.4 Å². The van der Waals surface area contributed by atoms with Gasteiger partial charge in [0.25, 0.3) is 5.91 Å². The van der Waals surface area contributed by atoms with Crippen LogP contribution in [0.2, 0.25) is 0 Å². The Morgan fingerprint density at radius 3 is 2.58 bits per heavy atom. The van der Waals surface area contributed by atoms with E-state index in [1.165, 1.54) is 30.8 Å². The maximum Gasteiger partial charge on any atom is 0.261 e. The number of aromatic nitrogens is 2. The van der Waals surface area contributed by atoms with Crippen molar-refractivity contribution in [3.8, 4) is 22.8 Å². The molecule has 0 radical (unpaired) electrons. The number of benzene rings is 1. The summed E-state index contributed by atoms with van der Waals surface area (Å²) in [6, 6.07) is 7.70. The Morgan fingerprint density at radius 2 is 1.88 bits per heavy atom. The van der Waals surface area contributed by atoms with Crippen LogP contribution in [0.3, 0.4) is 0 Å². The van der Waals surface area contributed by atoms with Crippen molar-refractivity contribution in [1.29, 1.82) is 0 Å². The van der Waals surface area contributed by atoms with Gasteiger partial charge in [0.05, 0.1) is 19.1 Å². The first-order chi connectivity index (χ1) is 15.9. The maximum atomic E-state index is 12.8. The van der Waals surface area contributed by atoms with E-state index < -0.39 is 0 Å². The smallest absolute Gasteiger partial charge is 0.261 e. The molecule has 3 aromatic rings. The quantitative estimate of drug-likeness (QED) is 0.494. The number of likely N-dealkylation sites (tertiary alicyclic amines) is 1. The average Bonchev–Trinajstić information content (AvgIpc) is 3.36. The summed E-state index contributed by atoms with van der Waals surface area (Å²) < 4.78 is 12.6. The average molecular weight is 471 g/mol. The van der Waals surface area contributed by atoms with Crippen molar-refractivity contribution < 1.29 is 14.3 Å². The standard InChI is InChI=1S/C25H34N4O3S/c1-16-11-17(2)15-29(14-16)10-6-9-26-24(30)22-13-19-23(27-28(3)25(19)33-22)18-7-8-20(31-4)21(12-18)32-5/h7-8,12-13,16-17H,6,9-11,14-15H2,1-5H3,(H,26,30)/t16-,17+. The Bertz CT molecular complexity index is 1110. The zero-order valence-electron chi connectivity index (χ0n) is 20.2. The molecule has 0 unspecified atom stereocenters. The number of ether oxygens (including phenoxy) is 2. The van der Waals surface area contributed by atoms with Crippen molar-refractivity contribution in [2.75, 3.05) is 40.4 Å². The lowest BCUT2D eigenvalue weighted by atomic mass is 9.92. The summed E-state index contributed by atoms with van der Waals surface area (Å²) in [6.45, 7) is 8.72. The van der Waals surface area contributed by atoms with Crippen molar-refractivity contribution in [3.63, 3.8) is 0 Å². The molecule has 1 aliphatic heterocycles. The van der Waals surface area contributed by atoms with Gasteiger partial charge in [-0.2, -0.15) is 5.10 Å². The molecular formula is C25H34N4O3S. The Kier molecular flexibility index (Phi) is 7.24. The van der Waals surface area contributed by atoms with Gasteiger partial charge >= 0.3 is 0 Å². The Balaban J connectivity index is 1.42. The molecular weight excluding hydrogens is 436 g/mol. The number of nitrogens with one attached hydrogen (secondary N) is 1. The van der Waals surface area contributed by atoms with Gasteiger partial charge in [-0.05, 0) is 55.5 Å². The molecule has 2 aromatic heterocycles. The largest absolute Gasteiger partial charge is 0.493 e. The van der Waals surface area contributed by atoms with Crippen LogP contribution in [0.15, 0.2) is 24.3 Å². The van der Waals surface area contributed by atoms with Crippen molar-refractivity contribution in [3.05, 3.63) is 29.1 Å². The fourth-order valence-electron chi connectivity index (χ4n) is 4.92. The predicted molar refractivity (Wildman–Crippen MR) is 133 cm³/mol. The van der Waals surface area contributed by atoms with E-state index >= 15 is 0 Å². The minimum Gasteiger partial charge on any atom is -0.493 e. The van der Waals surface area contributed by atoms with Crippen molar-refractivity contribution in [2.45, 2.75) is 26.7 Å². The molecule has 8 heteroatoms. The van der Waals surface area contributed by atoms with Crippen molar-refractivity contribution >= 4 is 27.5 Å². The molecule has 1 amide bonds. The maximum absolute atomic E-state index is 12.8. The number of methoxy groups -OCH3 is 2. The lowest BCUT2D eigenvalue weighted by molar-refractivity contribution is 0.0951. The lowest BCUT2D eigenvalue weighted by Crippen LogP contribution is -2.40. The van der Waals surface area contributed by atoms with Gasteiger partial charge in [-0.15, -0.1) is 11.3 Å². The highest BCUT2D eigenvalue weighted by Gasteiger charge is 2.22. The Hall–Kier alpha value is -2.58. The van der Waals surface area contributed by atoms with E-state index in [1.54, 1.807) is 14.2 Å². The van der Waals surface area contributed by atoms with Gasteiger partial charge in [-0.25, -0.2) is 0 Å². The third-order valence-electron chi connectivity index (χ3n) is 6.27. The molecule has 178 valence electrons. The Labute approximate surface area is 199 Å². The van der Waals surface area contributed by atoms with Crippen LogP contribution in [0.25, 0.3) is 21.5 Å². The SMILES string of the molecule is COc1ccc(-c2nn(C)c3sc(C(=O)NCCCN4C[C@H](C)C[C@H](C)C4)cc23)cc1OC. The van der Waals surface area contributed by atoms with Gasteiger partial charge in [-0.3, -0.25) is 9.48 Å². The monoisotopic (exact) mass is 470 g/mol. The summed E-state index contributed by atoms with van der Waals surface area (Å²) in [5, 5.41) is 8.76. The summed E-state index contributed by atoms with van der Waals surface area (Å²) in [5.41, 5.74) is 1.75. The second kappa shape index (κ2) is 10.1. The number of amides is 1. The van der Waals surface area contributed by atoms with E-state index in [2.05, 4.69) is 29.2 Å². The number of rotatable bonds is 8. The number of carbonyl (C=O) groups is 1. The van der Waals surface area contributed by atoms with Crippen LogP contribution in [0, 0.1) is 11.8 Å². The van der Waals surface area contributed by atoms with Crippen LogP contribution < -0.4 is 14.8 Å². The fraction of sp³-hybridized carbons (Fsp3) is 0.520. The summed E-state index contributed by atoms with van der Waals surface area (Å²) in [4.78, 5) is 17.0. The van der Waals surface area contributed by atoms with Gasteiger partial charge in [0, 0.05) is 37.6 Å². The molecule has 0 aliphatic carbocycles. The van der Waals surface area contributed by atoms with Crippen LogP contribution >= 0.6 is 11.3 Å². The third-order valence-corrected chi connectivity index (χ3v) is 7.47. The predicted octanol–water partition coefficient (Wildman–Crippen LogP) is 4.42. The second-order valence-electron chi connectivity index (χ2n) is 9.19. The van der Waals surface area contributed by atoms with Gasteiger partial charge in [-0.1, -0.05) is 13.8 Å². The van der Waals surface area contributed by atoms with E-state index in [9.17, 15) is 4.79 Å². The molecule has 3 heterocycles. The molecule has 1 aliphatic rings. The van der Waals surface area contributed by atoms with Gasteiger partial charge < -0.3 is 19.7 Å². The first kappa shape index (κ1) is 23.6. The molecule has 0 saturated carbocycles. The number of carbonyl (C=O) groups excluding carboxylic acids is 1. The number of thiophene rings is 1. The number of aryl methyl sites for hydroxylation is 1. The molecule has 33 heavy (non-hydrogen) atoms. The number of fused-ring (bicyclic) bond motifs is 1. The van der Waals surface area contributed by atoms with Gasteiger partial charge in [0.2, 0.25) is 0 Å². The summed E-state index contributed by atoms with van der Waals surface area (Å²) in [5.74, 6) is 2.83. The molecule has 1 fully saturated rings. The Morgan fingerprint density at radius 1 is 1.15 bits per heavy atom. The van der Waals surface area contributed by atoms with Crippen molar-refractivity contribution in [2.24, 2.45) is 18.9 Å². The molecule has 4 rings (SSSR count). The second-order valence-corrected chi connectivity index (χ2v) is 10.2. The molecule has 2 atom stereocenters. The minimum absolute atomic E-state index is 0.0187. The van der Waals surface area contributed by atoms with Crippen LogP contribution in [0.4, 0.5) is 0 Å². The number of nitrogens with zero attached hydrogens (tertiary/aromatic N) is 3. The summed E-state index contributed by atoms with van der Waals surface area (Å²) in [7, 11) is 5.15. The lowest BCUT2D eigenvalue weighted by Gasteiger charge is -2.34. The molecule has 7 nitrogen and oxygen atoms in total. The topological polar surface area (TPSA) is 68.6 Å². The highest BCUT2D eigenvalue weighted by atomic mass is 32.1. The molecule has 1 saturated heterocycles. The molecule has 0 bridgehead atoms. The first-order valence-corrected chi connectivity index (χ1v) is 12.4. The summed E-state index contributed by atoms with van der Waals surface area (Å²) in [6.07, 6.45) is 2.29. The number of piperidine rings is 1. The van der Waals surface area contributed by atoms with Crippen LogP contribution in [0.5, 0.6) is 11.5 Å². The van der Waals surface area contributed by atoms with Gasteiger partial charge in [0.1, 0.15) is 10.5 Å². The molecule has 0 spiro atoms. The molecule has 1 aromatic carbocycles. The van der Waals surface area contributed by atoms with Crippen LogP contribution in [-0.4, -0.2) is 61.0 Å². The third kappa shape index (κ3) is 5.17. The van der Waals surface area contributed by atoms with E-state index in [-0.39, 0.29) is 5.91 Å². The minimum atomic E-state index is -0.0187. The zero-order valence-corrected chi connectivity index (χ0v) is 21.0.